The summed E-state index contributed by atoms with van der Waals surface area (Å²) in [6, 6.07) is 0. The molecule has 92 valence electrons. The molecular weight excluding hydrogens is 182 g/mol. The van der Waals surface area contributed by atoms with E-state index < -0.39 is 0 Å². The topological polar surface area (TPSA) is 12.0 Å². The zero-order valence-corrected chi connectivity index (χ0v) is 11.7. The second-order valence-electron chi connectivity index (χ2n) is 6.43. The molecule has 0 aromatic rings. The Morgan fingerprint density at radius 2 is 1.07 bits per heavy atom. The van der Waals surface area contributed by atoms with Gasteiger partial charge in [-0.25, -0.2) is 0 Å². The van der Waals surface area contributed by atoms with E-state index in [9.17, 15) is 0 Å². The maximum atomic E-state index is 3.64. The maximum absolute atomic E-state index is 3.64. The molecule has 0 atom stereocenters. The highest BCUT2D eigenvalue weighted by Gasteiger charge is 2.20. The number of hydrogen-bond acceptors (Lipinski definition) is 1. The van der Waals surface area contributed by atoms with Crippen molar-refractivity contribution in [1.29, 1.82) is 0 Å². The third-order valence-corrected chi connectivity index (χ3v) is 3.06. The van der Waals surface area contributed by atoms with Gasteiger partial charge in [-0.15, -0.1) is 0 Å². The van der Waals surface area contributed by atoms with Crippen molar-refractivity contribution >= 4 is 0 Å². The van der Waals surface area contributed by atoms with Gasteiger partial charge in [0, 0.05) is 13.1 Å². The van der Waals surface area contributed by atoms with Crippen LogP contribution in [0.15, 0.2) is 0 Å². The number of nitrogens with one attached hydrogen (secondary N) is 1. The summed E-state index contributed by atoms with van der Waals surface area (Å²) in [5, 5.41) is 3.64. The molecule has 0 aromatic carbocycles. The largest absolute Gasteiger partial charge is 0.316 e. The molecule has 0 fully saturated rings. The molecule has 15 heavy (non-hydrogen) atoms. The van der Waals surface area contributed by atoms with Crippen LogP contribution in [0.4, 0.5) is 0 Å². The summed E-state index contributed by atoms with van der Waals surface area (Å²) < 4.78 is 0. The SMILES string of the molecule is CCCC(C)(C)CNCC(C)(C)CCC. The Morgan fingerprint density at radius 1 is 0.733 bits per heavy atom. The summed E-state index contributed by atoms with van der Waals surface area (Å²) in [5.41, 5.74) is 0.911. The molecule has 1 N–H and O–H groups in total. The van der Waals surface area contributed by atoms with E-state index in [1.807, 2.05) is 0 Å². The molecule has 0 aliphatic carbocycles. The normalized spacial score (nSPS) is 13.2. The van der Waals surface area contributed by atoms with E-state index >= 15 is 0 Å². The molecule has 0 amide bonds. The minimum absolute atomic E-state index is 0.455. The predicted octanol–water partition coefficient (Wildman–Crippen LogP) is 4.23. The summed E-state index contributed by atoms with van der Waals surface area (Å²) in [4.78, 5) is 0. The first-order chi connectivity index (χ1) is 6.83. The Hall–Kier alpha value is -0.0400. The van der Waals surface area contributed by atoms with Crippen LogP contribution in [0.25, 0.3) is 0 Å². The van der Waals surface area contributed by atoms with E-state index in [0.717, 1.165) is 13.1 Å². The van der Waals surface area contributed by atoms with Crippen LogP contribution >= 0.6 is 0 Å². The zero-order valence-electron chi connectivity index (χ0n) is 11.7. The summed E-state index contributed by atoms with van der Waals surface area (Å²) >= 11 is 0. The van der Waals surface area contributed by atoms with E-state index in [2.05, 4.69) is 46.9 Å². The van der Waals surface area contributed by atoms with E-state index in [4.69, 9.17) is 0 Å². The van der Waals surface area contributed by atoms with E-state index in [1.165, 1.54) is 25.7 Å². The van der Waals surface area contributed by atoms with Crippen molar-refractivity contribution in [2.24, 2.45) is 10.8 Å². The monoisotopic (exact) mass is 213 g/mol. The minimum atomic E-state index is 0.455. The van der Waals surface area contributed by atoms with Crippen LogP contribution in [0, 0.1) is 10.8 Å². The van der Waals surface area contributed by atoms with Crippen LogP contribution in [-0.4, -0.2) is 13.1 Å². The Morgan fingerprint density at radius 3 is 1.33 bits per heavy atom. The van der Waals surface area contributed by atoms with E-state index in [-0.39, 0.29) is 0 Å². The van der Waals surface area contributed by atoms with E-state index in [1.54, 1.807) is 0 Å². The lowest BCUT2D eigenvalue weighted by atomic mass is 9.85. The highest BCUT2D eigenvalue weighted by Crippen LogP contribution is 2.23. The maximum Gasteiger partial charge on any atom is 0.000274 e. The molecule has 0 unspecified atom stereocenters. The quantitative estimate of drug-likeness (QED) is 0.636. The van der Waals surface area contributed by atoms with Crippen LogP contribution in [0.3, 0.4) is 0 Å². The lowest BCUT2D eigenvalue weighted by molar-refractivity contribution is 0.261. The van der Waals surface area contributed by atoms with Crippen molar-refractivity contribution in [3.05, 3.63) is 0 Å². The fourth-order valence-electron chi connectivity index (χ4n) is 2.27. The van der Waals surface area contributed by atoms with E-state index in [0.29, 0.717) is 10.8 Å². The summed E-state index contributed by atoms with van der Waals surface area (Å²) in [5.74, 6) is 0. The lowest BCUT2D eigenvalue weighted by Crippen LogP contribution is -2.36. The zero-order chi connectivity index (χ0) is 11.9. The van der Waals surface area contributed by atoms with Crippen molar-refractivity contribution < 1.29 is 0 Å². The third-order valence-electron chi connectivity index (χ3n) is 3.06. The standard InChI is InChI=1S/C14H31N/c1-7-9-13(3,4)11-15-12-14(5,6)10-8-2/h15H,7-12H2,1-6H3. The van der Waals surface area contributed by atoms with Crippen LogP contribution in [-0.2, 0) is 0 Å². The minimum Gasteiger partial charge on any atom is -0.316 e. The van der Waals surface area contributed by atoms with Gasteiger partial charge in [-0.3, -0.25) is 0 Å². The molecule has 0 aliphatic heterocycles. The molecule has 0 bridgehead atoms. The molecule has 0 radical (unpaired) electrons. The summed E-state index contributed by atoms with van der Waals surface area (Å²) in [6.07, 6.45) is 5.20. The van der Waals surface area contributed by atoms with Crippen LogP contribution in [0.5, 0.6) is 0 Å². The molecule has 0 aliphatic rings. The van der Waals surface area contributed by atoms with Crippen molar-refractivity contribution in [1.82, 2.24) is 5.32 Å². The first-order valence-electron chi connectivity index (χ1n) is 6.54. The fraction of sp³-hybridized carbons (Fsp3) is 1.00. The van der Waals surface area contributed by atoms with Gasteiger partial charge in [0.25, 0.3) is 0 Å². The Kier molecular flexibility index (Phi) is 6.51. The van der Waals surface area contributed by atoms with Gasteiger partial charge in [0.15, 0.2) is 0 Å². The second-order valence-corrected chi connectivity index (χ2v) is 6.43. The van der Waals surface area contributed by atoms with Gasteiger partial charge in [0.05, 0.1) is 0 Å². The van der Waals surface area contributed by atoms with Gasteiger partial charge >= 0.3 is 0 Å². The van der Waals surface area contributed by atoms with Gasteiger partial charge in [0.1, 0.15) is 0 Å². The molecule has 1 heteroatoms. The first-order valence-corrected chi connectivity index (χ1v) is 6.54. The van der Waals surface area contributed by atoms with Crippen molar-refractivity contribution in [3.8, 4) is 0 Å². The molecule has 0 saturated carbocycles. The fourth-order valence-corrected chi connectivity index (χ4v) is 2.27. The smallest absolute Gasteiger partial charge is 0.000274 e. The lowest BCUT2D eigenvalue weighted by Gasteiger charge is -2.29. The van der Waals surface area contributed by atoms with Crippen molar-refractivity contribution in [3.63, 3.8) is 0 Å². The number of hydrogen-bond donors (Lipinski definition) is 1. The Balaban J connectivity index is 3.77. The Labute approximate surface area is 97.0 Å². The first kappa shape index (κ1) is 15.0. The second kappa shape index (κ2) is 6.52. The van der Waals surface area contributed by atoms with Crippen LogP contribution < -0.4 is 5.32 Å². The van der Waals surface area contributed by atoms with Crippen LogP contribution in [0.1, 0.15) is 67.2 Å². The summed E-state index contributed by atoms with van der Waals surface area (Å²) in [7, 11) is 0. The molecule has 0 saturated heterocycles. The van der Waals surface area contributed by atoms with Gasteiger partial charge in [-0.05, 0) is 23.7 Å². The van der Waals surface area contributed by atoms with Gasteiger partial charge in [-0.2, -0.15) is 0 Å². The number of rotatable bonds is 8. The molecular formula is C14H31N. The van der Waals surface area contributed by atoms with Gasteiger partial charge in [-0.1, -0.05) is 54.4 Å². The average molecular weight is 213 g/mol. The third kappa shape index (κ3) is 7.84. The molecule has 0 rings (SSSR count). The highest BCUT2D eigenvalue weighted by molar-refractivity contribution is 4.75. The Bertz CT molecular complexity index is 141. The van der Waals surface area contributed by atoms with Crippen LogP contribution in [0.2, 0.25) is 0 Å². The van der Waals surface area contributed by atoms with Crippen molar-refractivity contribution in [2.75, 3.05) is 13.1 Å². The molecule has 0 heterocycles. The molecule has 0 spiro atoms. The van der Waals surface area contributed by atoms with Crippen molar-refractivity contribution in [2.45, 2.75) is 67.2 Å². The summed E-state index contributed by atoms with van der Waals surface area (Å²) in [6.45, 7) is 16.3. The average Bonchev–Trinajstić information content (AvgIpc) is 2.02. The molecule has 0 aromatic heterocycles. The van der Waals surface area contributed by atoms with Gasteiger partial charge in [0.2, 0.25) is 0 Å². The van der Waals surface area contributed by atoms with Gasteiger partial charge < -0.3 is 5.32 Å². The highest BCUT2D eigenvalue weighted by atomic mass is 14.9. The molecule has 1 nitrogen and oxygen atoms in total. The predicted molar refractivity (Wildman–Crippen MR) is 70.2 cm³/mol.